The largest absolute Gasteiger partial charge is 0.497 e. The van der Waals surface area contributed by atoms with Crippen molar-refractivity contribution in [1.82, 2.24) is 0 Å². The summed E-state index contributed by atoms with van der Waals surface area (Å²) in [6.45, 7) is 2.13. The van der Waals surface area contributed by atoms with E-state index in [1.165, 1.54) is 0 Å². The number of hydrogen-bond donors (Lipinski definition) is 1. The Hall–Kier alpha value is -4.06. The molecule has 2 aliphatic rings. The van der Waals surface area contributed by atoms with Crippen molar-refractivity contribution in [2.45, 2.75) is 57.4 Å². The predicted molar refractivity (Wildman–Crippen MR) is 154 cm³/mol. The molecule has 0 saturated carbocycles. The molecule has 1 amide bonds. The third-order valence-electron chi connectivity index (χ3n) is 7.77. The number of allylic oxidation sites excluding steroid dienone is 1. The molecule has 1 N–H and O–H groups in total. The number of benzene rings is 3. The number of fused-ring (bicyclic) bond motifs is 1. The monoisotopic (exact) mass is 524 g/mol. The van der Waals surface area contributed by atoms with Gasteiger partial charge in [0.25, 0.3) is 0 Å². The highest BCUT2D eigenvalue weighted by Gasteiger charge is 2.41. The average molecular weight is 525 g/mol. The second-order valence-electron chi connectivity index (χ2n) is 10.2. The van der Waals surface area contributed by atoms with Crippen LogP contribution >= 0.6 is 0 Å². The van der Waals surface area contributed by atoms with Crippen molar-refractivity contribution in [3.8, 4) is 11.5 Å². The minimum Gasteiger partial charge on any atom is -0.497 e. The first-order chi connectivity index (χ1) is 19.0. The molecule has 6 nitrogen and oxygen atoms in total. The lowest BCUT2D eigenvalue weighted by atomic mass is 9.78. The van der Waals surface area contributed by atoms with E-state index in [2.05, 4.69) is 12.2 Å². The van der Waals surface area contributed by atoms with E-state index in [1.807, 2.05) is 77.7 Å². The molecule has 6 heteroatoms. The summed E-state index contributed by atoms with van der Waals surface area (Å²) in [7, 11) is 3.28. The molecule has 0 saturated heterocycles. The molecule has 202 valence electrons. The van der Waals surface area contributed by atoms with Gasteiger partial charge in [-0.3, -0.25) is 14.5 Å². The molecule has 5 rings (SSSR count). The molecule has 2 atom stereocenters. The smallest absolute Gasteiger partial charge is 0.227 e. The van der Waals surface area contributed by atoms with Gasteiger partial charge in [-0.25, -0.2) is 0 Å². The van der Waals surface area contributed by atoms with E-state index in [1.54, 1.807) is 14.2 Å². The number of para-hydroxylation sites is 2. The number of ketones is 1. The van der Waals surface area contributed by atoms with E-state index in [0.717, 1.165) is 59.0 Å². The van der Waals surface area contributed by atoms with Crippen LogP contribution in [0.15, 0.2) is 84.1 Å². The third-order valence-corrected chi connectivity index (χ3v) is 7.77. The van der Waals surface area contributed by atoms with E-state index in [-0.39, 0.29) is 17.6 Å². The molecule has 3 aromatic rings. The van der Waals surface area contributed by atoms with E-state index >= 15 is 0 Å². The fraction of sp³-hybridized carbons (Fsp3) is 0.333. The predicted octanol–water partition coefficient (Wildman–Crippen LogP) is 7.18. The van der Waals surface area contributed by atoms with Crippen LogP contribution in [0.4, 0.5) is 11.4 Å². The Bertz CT molecular complexity index is 1360. The van der Waals surface area contributed by atoms with Crippen LogP contribution in [-0.4, -0.2) is 25.9 Å². The van der Waals surface area contributed by atoms with Gasteiger partial charge >= 0.3 is 0 Å². The van der Waals surface area contributed by atoms with Crippen molar-refractivity contribution in [3.05, 3.63) is 95.2 Å². The fourth-order valence-electron chi connectivity index (χ4n) is 5.73. The van der Waals surface area contributed by atoms with E-state index in [9.17, 15) is 9.59 Å². The molecule has 0 bridgehead atoms. The summed E-state index contributed by atoms with van der Waals surface area (Å²) in [5.74, 6) is 1.64. The highest BCUT2D eigenvalue weighted by Crippen LogP contribution is 2.47. The van der Waals surface area contributed by atoms with Crippen LogP contribution in [0.1, 0.15) is 68.5 Å². The number of carbonyl (C=O) groups excluding carboxylic acids is 2. The fourth-order valence-corrected chi connectivity index (χ4v) is 5.73. The second-order valence-corrected chi connectivity index (χ2v) is 10.2. The first-order valence-corrected chi connectivity index (χ1v) is 13.8. The van der Waals surface area contributed by atoms with E-state index in [4.69, 9.17) is 9.47 Å². The number of anilines is 2. The summed E-state index contributed by atoms with van der Waals surface area (Å²) in [6.07, 6.45) is 4.33. The molecule has 0 fully saturated rings. The molecular formula is C33H36N2O4. The lowest BCUT2D eigenvalue weighted by molar-refractivity contribution is -0.119. The number of unbranched alkanes of at least 4 members (excludes halogenated alkanes) is 2. The number of carbonyl (C=O) groups is 2. The van der Waals surface area contributed by atoms with Crippen LogP contribution in [0.2, 0.25) is 0 Å². The number of Topliss-reactive ketones (excluding diaryl/α,β-unsaturated/α-hetero) is 1. The summed E-state index contributed by atoms with van der Waals surface area (Å²) in [4.78, 5) is 29.9. The van der Waals surface area contributed by atoms with Crippen molar-refractivity contribution < 1.29 is 19.1 Å². The number of rotatable bonds is 8. The van der Waals surface area contributed by atoms with Crippen LogP contribution < -0.4 is 19.7 Å². The summed E-state index contributed by atoms with van der Waals surface area (Å²) < 4.78 is 10.7. The van der Waals surface area contributed by atoms with Gasteiger partial charge < -0.3 is 14.8 Å². The second kappa shape index (κ2) is 11.8. The number of nitrogens with zero attached hydrogens (tertiary/aromatic N) is 1. The van der Waals surface area contributed by atoms with E-state index in [0.29, 0.717) is 24.8 Å². The van der Waals surface area contributed by atoms with Crippen molar-refractivity contribution in [3.63, 3.8) is 0 Å². The summed E-state index contributed by atoms with van der Waals surface area (Å²) >= 11 is 0. The summed E-state index contributed by atoms with van der Waals surface area (Å²) in [5, 5.41) is 3.60. The molecule has 1 heterocycles. The maximum Gasteiger partial charge on any atom is 0.227 e. The number of hydrogen-bond acceptors (Lipinski definition) is 5. The Balaban J connectivity index is 1.63. The Morgan fingerprint density at radius 1 is 0.872 bits per heavy atom. The van der Waals surface area contributed by atoms with Gasteiger partial charge in [0.15, 0.2) is 5.78 Å². The number of amides is 1. The normalized spacial score (nSPS) is 18.5. The Morgan fingerprint density at radius 3 is 2.15 bits per heavy atom. The van der Waals surface area contributed by atoms with Crippen LogP contribution in [0.3, 0.4) is 0 Å². The summed E-state index contributed by atoms with van der Waals surface area (Å²) in [5.41, 5.74) is 5.18. The van der Waals surface area contributed by atoms with Gasteiger partial charge in [-0.05, 0) is 66.3 Å². The van der Waals surface area contributed by atoms with Gasteiger partial charge in [0, 0.05) is 24.1 Å². The molecule has 0 radical (unpaired) electrons. The van der Waals surface area contributed by atoms with E-state index < -0.39 is 6.04 Å². The number of nitrogens with one attached hydrogen (secondary N) is 1. The molecule has 1 aliphatic carbocycles. The van der Waals surface area contributed by atoms with Gasteiger partial charge in [-0.15, -0.1) is 0 Å². The zero-order valence-electron chi connectivity index (χ0n) is 22.9. The molecule has 0 aromatic heterocycles. The Morgan fingerprint density at radius 2 is 1.51 bits per heavy atom. The minimum absolute atomic E-state index is 0.0253. The van der Waals surface area contributed by atoms with Crippen LogP contribution in [0.25, 0.3) is 0 Å². The van der Waals surface area contributed by atoms with Crippen molar-refractivity contribution in [2.75, 3.05) is 24.4 Å². The zero-order valence-corrected chi connectivity index (χ0v) is 22.9. The van der Waals surface area contributed by atoms with Crippen LogP contribution in [0.5, 0.6) is 11.5 Å². The van der Waals surface area contributed by atoms with Gasteiger partial charge in [-0.1, -0.05) is 56.2 Å². The number of ether oxygens (including phenoxy) is 2. The first kappa shape index (κ1) is 26.5. The first-order valence-electron chi connectivity index (χ1n) is 13.8. The van der Waals surface area contributed by atoms with Gasteiger partial charge in [-0.2, -0.15) is 0 Å². The Kier molecular flexibility index (Phi) is 8.01. The zero-order chi connectivity index (χ0) is 27.4. The quantitative estimate of drug-likeness (QED) is 0.316. The minimum atomic E-state index is -0.527. The molecule has 0 unspecified atom stereocenters. The Labute approximate surface area is 230 Å². The third kappa shape index (κ3) is 5.42. The lowest BCUT2D eigenvalue weighted by Gasteiger charge is -2.35. The molecule has 0 spiro atoms. The van der Waals surface area contributed by atoms with Gasteiger partial charge in [0.2, 0.25) is 5.91 Å². The molecule has 1 aliphatic heterocycles. The number of methoxy groups -OCH3 is 2. The average Bonchev–Trinajstić information content (AvgIpc) is 3.12. The topological polar surface area (TPSA) is 67.9 Å². The van der Waals surface area contributed by atoms with Gasteiger partial charge in [0.05, 0.1) is 31.6 Å². The molecular weight excluding hydrogens is 488 g/mol. The van der Waals surface area contributed by atoms with Crippen molar-refractivity contribution in [2.24, 2.45) is 0 Å². The lowest BCUT2D eigenvalue weighted by Crippen LogP contribution is -2.38. The van der Waals surface area contributed by atoms with Crippen LogP contribution in [0, 0.1) is 0 Å². The maximum absolute atomic E-state index is 14.1. The van der Waals surface area contributed by atoms with Gasteiger partial charge in [0.1, 0.15) is 11.5 Å². The highest BCUT2D eigenvalue weighted by molar-refractivity contribution is 6.06. The summed E-state index contributed by atoms with van der Waals surface area (Å²) in [6, 6.07) is 23.0. The molecule has 39 heavy (non-hydrogen) atoms. The van der Waals surface area contributed by atoms with Crippen molar-refractivity contribution in [1.29, 1.82) is 0 Å². The highest BCUT2D eigenvalue weighted by atomic mass is 16.5. The van der Waals surface area contributed by atoms with Crippen LogP contribution in [-0.2, 0) is 9.59 Å². The molecule has 3 aromatic carbocycles. The van der Waals surface area contributed by atoms with Crippen molar-refractivity contribution >= 4 is 23.1 Å². The standard InChI is InChI=1S/C33H36N2O4/c1-4-5-6-11-31(37)35-29-10-8-7-9-27(29)34-28-20-24(22-12-16-25(38-2)17-13-22)21-30(36)32(28)33(35)23-14-18-26(39-3)19-15-23/h7-10,12-19,24,33-34H,4-6,11,20-21H2,1-3H3/t24-,33-/m1/s1. The maximum atomic E-state index is 14.1. The SMILES string of the molecule is CCCCCC(=O)N1c2ccccc2NC2=C(C(=O)C[C@H](c3ccc(OC)cc3)C2)[C@H]1c1ccc(OC)cc1.